The number of rotatable bonds is 7. The topological polar surface area (TPSA) is 65.5 Å². The van der Waals surface area contributed by atoms with Crippen molar-refractivity contribution in [1.29, 1.82) is 0 Å². The standard InChI is InChI=1S/C23H34ClN3O4/c1-4-13-31-22(28)25-11-9-20(10-12-25)27-15-17(2)26(23(29)30-3)16-21(27)14-18-5-7-19(24)8-6-18/h4-8,17,20-22,28H,1,9-16H2,2-3H3/t17-,21?,22?/m0/s1. The van der Waals surface area contributed by atoms with Crippen LogP contribution in [0.1, 0.15) is 25.3 Å². The van der Waals surface area contributed by atoms with E-state index in [1.165, 1.54) is 12.7 Å². The van der Waals surface area contributed by atoms with Crippen LogP contribution in [0.2, 0.25) is 5.02 Å². The maximum absolute atomic E-state index is 12.3. The van der Waals surface area contributed by atoms with Crippen LogP contribution in [-0.2, 0) is 15.9 Å². The lowest BCUT2D eigenvalue weighted by Gasteiger charge is -2.50. The van der Waals surface area contributed by atoms with Gasteiger partial charge in [-0.3, -0.25) is 9.80 Å². The number of halogens is 1. The van der Waals surface area contributed by atoms with Crippen LogP contribution in [0.5, 0.6) is 0 Å². The number of hydrogen-bond acceptors (Lipinski definition) is 6. The Balaban J connectivity index is 1.69. The molecule has 0 radical (unpaired) electrons. The molecule has 2 aliphatic heterocycles. The minimum Gasteiger partial charge on any atom is -0.453 e. The zero-order valence-corrected chi connectivity index (χ0v) is 19.2. The second kappa shape index (κ2) is 11.3. The van der Waals surface area contributed by atoms with Crippen molar-refractivity contribution in [3.8, 4) is 0 Å². The summed E-state index contributed by atoms with van der Waals surface area (Å²) in [5.74, 6) is 0. The average molecular weight is 452 g/mol. The number of methoxy groups -OCH3 is 1. The summed E-state index contributed by atoms with van der Waals surface area (Å²) < 4.78 is 10.4. The van der Waals surface area contributed by atoms with Gasteiger partial charge in [-0.1, -0.05) is 29.8 Å². The lowest BCUT2D eigenvalue weighted by Crippen LogP contribution is -2.63. The number of benzene rings is 1. The van der Waals surface area contributed by atoms with E-state index in [2.05, 4.69) is 30.5 Å². The zero-order chi connectivity index (χ0) is 22.4. The minimum absolute atomic E-state index is 0.0773. The molecule has 8 heteroatoms. The molecule has 3 rings (SSSR count). The average Bonchev–Trinajstić information content (AvgIpc) is 2.79. The SMILES string of the molecule is C=CCOC(O)N1CCC(N2C[C@H](C)N(C(=O)OC)CC2Cc2ccc(Cl)cc2)CC1. The van der Waals surface area contributed by atoms with Crippen LogP contribution in [-0.4, -0.2) is 90.3 Å². The summed E-state index contributed by atoms with van der Waals surface area (Å²) in [4.78, 5) is 18.7. The molecular formula is C23H34ClN3O4. The highest BCUT2D eigenvalue weighted by atomic mass is 35.5. The second-order valence-electron chi connectivity index (χ2n) is 8.37. The molecule has 7 nitrogen and oxygen atoms in total. The van der Waals surface area contributed by atoms with E-state index in [1.54, 1.807) is 6.08 Å². The highest BCUT2D eigenvalue weighted by Gasteiger charge is 2.39. The van der Waals surface area contributed by atoms with Crippen LogP contribution in [0, 0.1) is 0 Å². The van der Waals surface area contributed by atoms with E-state index in [4.69, 9.17) is 21.1 Å². The predicted octanol–water partition coefficient (Wildman–Crippen LogP) is 2.97. The predicted molar refractivity (Wildman–Crippen MR) is 121 cm³/mol. The number of piperazine rings is 1. The number of likely N-dealkylation sites (tertiary alicyclic amines) is 1. The van der Waals surface area contributed by atoms with E-state index >= 15 is 0 Å². The number of amides is 1. The maximum atomic E-state index is 12.3. The number of aliphatic hydroxyl groups excluding tert-OH is 1. The smallest absolute Gasteiger partial charge is 0.409 e. The van der Waals surface area contributed by atoms with Gasteiger partial charge in [0.15, 0.2) is 0 Å². The third-order valence-electron chi connectivity index (χ3n) is 6.32. The fourth-order valence-electron chi connectivity index (χ4n) is 4.66. The lowest BCUT2D eigenvalue weighted by molar-refractivity contribution is -0.195. The molecule has 2 unspecified atom stereocenters. The molecule has 0 bridgehead atoms. The quantitative estimate of drug-likeness (QED) is 0.508. The van der Waals surface area contributed by atoms with Crippen LogP contribution < -0.4 is 0 Å². The summed E-state index contributed by atoms with van der Waals surface area (Å²) in [7, 11) is 1.44. The van der Waals surface area contributed by atoms with Gasteiger partial charge in [-0.05, 0) is 43.9 Å². The third-order valence-corrected chi connectivity index (χ3v) is 6.57. The van der Waals surface area contributed by atoms with Gasteiger partial charge in [0, 0.05) is 49.3 Å². The number of hydrogen-bond donors (Lipinski definition) is 1. The molecule has 2 aliphatic rings. The number of carbonyl (C=O) groups is 1. The molecular weight excluding hydrogens is 418 g/mol. The fourth-order valence-corrected chi connectivity index (χ4v) is 4.78. The van der Waals surface area contributed by atoms with Gasteiger partial charge >= 0.3 is 6.09 Å². The Kier molecular flexibility index (Phi) is 8.75. The van der Waals surface area contributed by atoms with Gasteiger partial charge in [0.25, 0.3) is 0 Å². The van der Waals surface area contributed by atoms with Gasteiger partial charge in [-0.15, -0.1) is 6.58 Å². The van der Waals surface area contributed by atoms with Crippen molar-refractivity contribution in [2.24, 2.45) is 0 Å². The van der Waals surface area contributed by atoms with Gasteiger partial charge in [-0.2, -0.15) is 0 Å². The highest BCUT2D eigenvalue weighted by Crippen LogP contribution is 2.27. The Morgan fingerprint density at radius 2 is 1.97 bits per heavy atom. The van der Waals surface area contributed by atoms with Crippen LogP contribution in [0.4, 0.5) is 4.79 Å². The van der Waals surface area contributed by atoms with Crippen LogP contribution >= 0.6 is 11.6 Å². The van der Waals surface area contributed by atoms with Crippen LogP contribution in [0.15, 0.2) is 36.9 Å². The Morgan fingerprint density at radius 1 is 1.29 bits per heavy atom. The molecule has 1 N–H and O–H groups in total. The van der Waals surface area contributed by atoms with Gasteiger partial charge < -0.3 is 19.5 Å². The fraction of sp³-hybridized carbons (Fsp3) is 0.609. The summed E-state index contributed by atoms with van der Waals surface area (Å²) in [5.41, 5.74) is 1.20. The zero-order valence-electron chi connectivity index (χ0n) is 18.5. The van der Waals surface area contributed by atoms with Crippen molar-refractivity contribution in [3.63, 3.8) is 0 Å². The molecule has 3 atom stereocenters. The molecule has 1 amide bonds. The highest BCUT2D eigenvalue weighted by molar-refractivity contribution is 6.30. The summed E-state index contributed by atoms with van der Waals surface area (Å²) in [6, 6.07) is 8.58. The first-order chi connectivity index (χ1) is 14.9. The summed E-state index contributed by atoms with van der Waals surface area (Å²) in [6.45, 7) is 8.99. The van der Waals surface area contributed by atoms with Gasteiger partial charge in [0.05, 0.1) is 13.7 Å². The van der Waals surface area contributed by atoms with Crippen molar-refractivity contribution in [2.45, 2.75) is 50.7 Å². The van der Waals surface area contributed by atoms with Gasteiger partial charge in [-0.25, -0.2) is 4.79 Å². The van der Waals surface area contributed by atoms with E-state index < -0.39 is 6.41 Å². The Bertz CT molecular complexity index is 724. The Labute approximate surface area is 190 Å². The molecule has 0 aliphatic carbocycles. The van der Waals surface area contributed by atoms with E-state index in [9.17, 15) is 9.90 Å². The maximum Gasteiger partial charge on any atom is 0.409 e. The molecule has 1 aromatic carbocycles. The third kappa shape index (κ3) is 6.20. The monoisotopic (exact) mass is 451 g/mol. The molecule has 0 spiro atoms. The van der Waals surface area contributed by atoms with E-state index in [0.717, 1.165) is 43.9 Å². The number of aliphatic hydroxyl groups is 1. The molecule has 0 aromatic heterocycles. The molecule has 2 fully saturated rings. The molecule has 31 heavy (non-hydrogen) atoms. The molecule has 0 saturated carbocycles. The number of ether oxygens (including phenoxy) is 2. The van der Waals surface area contributed by atoms with Crippen molar-refractivity contribution >= 4 is 17.7 Å². The molecule has 172 valence electrons. The van der Waals surface area contributed by atoms with Gasteiger partial charge in [0.1, 0.15) is 0 Å². The Hall–Kier alpha value is -1.64. The molecule has 2 saturated heterocycles. The van der Waals surface area contributed by atoms with Crippen molar-refractivity contribution < 1.29 is 19.4 Å². The van der Waals surface area contributed by atoms with Crippen LogP contribution in [0.25, 0.3) is 0 Å². The number of nitrogens with zero attached hydrogens (tertiary/aromatic N) is 3. The first-order valence-electron chi connectivity index (χ1n) is 10.9. The number of carbonyl (C=O) groups excluding carboxylic acids is 1. The molecule has 2 heterocycles. The van der Waals surface area contributed by atoms with Crippen LogP contribution in [0.3, 0.4) is 0 Å². The van der Waals surface area contributed by atoms with E-state index in [0.29, 0.717) is 19.2 Å². The van der Waals surface area contributed by atoms with Crippen molar-refractivity contribution in [2.75, 3.05) is 39.9 Å². The first kappa shape index (κ1) is 24.0. The van der Waals surface area contributed by atoms with E-state index in [-0.39, 0.29) is 18.2 Å². The van der Waals surface area contributed by atoms with Crippen molar-refractivity contribution in [1.82, 2.24) is 14.7 Å². The summed E-state index contributed by atoms with van der Waals surface area (Å²) in [5, 5.41) is 10.9. The largest absolute Gasteiger partial charge is 0.453 e. The normalized spacial score (nSPS) is 24.7. The Morgan fingerprint density at radius 3 is 2.58 bits per heavy atom. The molecule has 1 aromatic rings. The first-order valence-corrected chi connectivity index (χ1v) is 11.3. The van der Waals surface area contributed by atoms with Gasteiger partial charge in [0.2, 0.25) is 6.41 Å². The number of piperidine rings is 1. The summed E-state index contributed by atoms with van der Waals surface area (Å²) in [6.07, 6.45) is 3.19. The van der Waals surface area contributed by atoms with E-state index in [1.807, 2.05) is 21.9 Å². The lowest BCUT2D eigenvalue weighted by atomic mass is 9.94. The summed E-state index contributed by atoms with van der Waals surface area (Å²) >= 11 is 6.06. The van der Waals surface area contributed by atoms with Crippen molar-refractivity contribution in [3.05, 3.63) is 47.5 Å². The second-order valence-corrected chi connectivity index (χ2v) is 8.80. The minimum atomic E-state index is -0.890.